The van der Waals surface area contributed by atoms with Crippen molar-refractivity contribution in [1.29, 1.82) is 0 Å². The third kappa shape index (κ3) is 3.28. The molecule has 2 rings (SSSR count). The standard InChI is InChI=1S/C15H21FN2O2/c1-15(17,14(19)20)7-2-3-8-18-9-6-11-4-5-12(16)10-13(11)18/h4-5,10H,2-3,6-9,17H2,1H3,(H,19,20). The Morgan fingerprint density at radius 1 is 1.50 bits per heavy atom. The normalized spacial score (nSPS) is 16.9. The molecule has 4 nitrogen and oxygen atoms in total. The van der Waals surface area contributed by atoms with Crippen LogP contribution in [-0.4, -0.2) is 29.7 Å². The number of fused-ring (bicyclic) bond motifs is 1. The summed E-state index contributed by atoms with van der Waals surface area (Å²) in [6.07, 6.45) is 3.00. The largest absolute Gasteiger partial charge is 0.480 e. The Labute approximate surface area is 118 Å². The van der Waals surface area contributed by atoms with Gasteiger partial charge in [0.1, 0.15) is 11.4 Å². The maximum atomic E-state index is 13.3. The third-order valence-corrected chi connectivity index (χ3v) is 3.90. The van der Waals surface area contributed by atoms with E-state index in [9.17, 15) is 9.18 Å². The topological polar surface area (TPSA) is 66.6 Å². The molecule has 0 saturated heterocycles. The van der Waals surface area contributed by atoms with Gasteiger partial charge in [0, 0.05) is 18.8 Å². The Morgan fingerprint density at radius 2 is 2.25 bits per heavy atom. The van der Waals surface area contributed by atoms with Crippen LogP contribution in [0, 0.1) is 5.82 Å². The molecule has 0 bridgehead atoms. The number of carboxylic acids is 1. The summed E-state index contributed by atoms with van der Waals surface area (Å²) in [5, 5.41) is 8.94. The number of hydrogen-bond acceptors (Lipinski definition) is 3. The Morgan fingerprint density at radius 3 is 2.95 bits per heavy atom. The first-order chi connectivity index (χ1) is 9.40. The van der Waals surface area contributed by atoms with Crippen molar-refractivity contribution in [2.24, 2.45) is 5.73 Å². The van der Waals surface area contributed by atoms with Gasteiger partial charge in [0.2, 0.25) is 0 Å². The third-order valence-electron chi connectivity index (χ3n) is 3.90. The van der Waals surface area contributed by atoms with Crippen molar-refractivity contribution < 1.29 is 14.3 Å². The van der Waals surface area contributed by atoms with E-state index in [2.05, 4.69) is 4.90 Å². The van der Waals surface area contributed by atoms with E-state index < -0.39 is 11.5 Å². The van der Waals surface area contributed by atoms with Crippen LogP contribution in [0.3, 0.4) is 0 Å². The lowest BCUT2D eigenvalue weighted by Gasteiger charge is -2.22. The number of rotatable bonds is 6. The SMILES string of the molecule is CC(N)(CCCCN1CCc2ccc(F)cc21)C(=O)O. The summed E-state index contributed by atoms with van der Waals surface area (Å²) in [5.41, 5.74) is 6.68. The van der Waals surface area contributed by atoms with Crippen LogP contribution in [-0.2, 0) is 11.2 Å². The van der Waals surface area contributed by atoms with Crippen LogP contribution < -0.4 is 10.6 Å². The van der Waals surface area contributed by atoms with Gasteiger partial charge < -0.3 is 15.7 Å². The molecule has 0 aliphatic carbocycles. The molecule has 5 heteroatoms. The Kier molecular flexibility index (Phi) is 4.28. The molecular formula is C15H21FN2O2. The van der Waals surface area contributed by atoms with E-state index in [1.165, 1.54) is 18.6 Å². The zero-order valence-electron chi connectivity index (χ0n) is 11.7. The summed E-state index contributed by atoms with van der Waals surface area (Å²) in [6.45, 7) is 3.25. The lowest BCUT2D eigenvalue weighted by Crippen LogP contribution is -2.44. The zero-order valence-corrected chi connectivity index (χ0v) is 11.7. The quantitative estimate of drug-likeness (QED) is 0.784. The van der Waals surface area contributed by atoms with Gasteiger partial charge in [-0.1, -0.05) is 6.07 Å². The fraction of sp³-hybridized carbons (Fsp3) is 0.533. The lowest BCUT2D eigenvalue weighted by atomic mass is 9.96. The Balaban J connectivity index is 1.83. The number of aliphatic carboxylic acids is 1. The van der Waals surface area contributed by atoms with Crippen molar-refractivity contribution in [3.8, 4) is 0 Å². The highest BCUT2D eigenvalue weighted by Crippen LogP contribution is 2.29. The van der Waals surface area contributed by atoms with Gasteiger partial charge in [0.25, 0.3) is 0 Å². The first-order valence-electron chi connectivity index (χ1n) is 6.96. The number of anilines is 1. The van der Waals surface area contributed by atoms with Crippen molar-refractivity contribution in [2.45, 2.75) is 38.1 Å². The molecule has 0 fully saturated rings. The van der Waals surface area contributed by atoms with E-state index in [1.807, 2.05) is 6.07 Å². The minimum absolute atomic E-state index is 0.212. The van der Waals surface area contributed by atoms with Gasteiger partial charge in [-0.05, 0) is 50.3 Å². The highest BCUT2D eigenvalue weighted by atomic mass is 19.1. The van der Waals surface area contributed by atoms with Gasteiger partial charge >= 0.3 is 5.97 Å². The van der Waals surface area contributed by atoms with Gasteiger partial charge in [-0.2, -0.15) is 0 Å². The van der Waals surface area contributed by atoms with Gasteiger partial charge in [0.05, 0.1) is 0 Å². The van der Waals surface area contributed by atoms with Crippen LogP contribution in [0.5, 0.6) is 0 Å². The van der Waals surface area contributed by atoms with E-state index in [0.717, 1.165) is 38.0 Å². The molecule has 1 atom stereocenters. The molecule has 1 aromatic carbocycles. The Hall–Kier alpha value is -1.62. The maximum absolute atomic E-state index is 13.3. The molecule has 20 heavy (non-hydrogen) atoms. The van der Waals surface area contributed by atoms with Crippen molar-refractivity contribution in [1.82, 2.24) is 0 Å². The number of carboxylic acid groups (broad SMARTS) is 1. The minimum atomic E-state index is -1.16. The van der Waals surface area contributed by atoms with Crippen LogP contribution in [0.1, 0.15) is 31.7 Å². The van der Waals surface area contributed by atoms with Crippen LogP contribution in [0.15, 0.2) is 18.2 Å². The molecule has 0 spiro atoms. The fourth-order valence-electron chi connectivity index (χ4n) is 2.55. The number of carbonyl (C=O) groups is 1. The predicted molar refractivity (Wildman–Crippen MR) is 76.4 cm³/mol. The number of halogens is 1. The molecule has 0 amide bonds. The minimum Gasteiger partial charge on any atom is -0.480 e. The van der Waals surface area contributed by atoms with Crippen LogP contribution in [0.2, 0.25) is 0 Å². The molecule has 3 N–H and O–H groups in total. The average Bonchev–Trinajstić information content (AvgIpc) is 2.77. The second kappa shape index (κ2) is 5.79. The number of unbranched alkanes of at least 4 members (excludes halogenated alkanes) is 1. The van der Waals surface area contributed by atoms with Crippen LogP contribution in [0.25, 0.3) is 0 Å². The summed E-state index contributed by atoms with van der Waals surface area (Å²) >= 11 is 0. The van der Waals surface area contributed by atoms with Crippen molar-refractivity contribution >= 4 is 11.7 Å². The molecule has 0 saturated carbocycles. The predicted octanol–water partition coefficient (Wildman–Crippen LogP) is 2.16. The van der Waals surface area contributed by atoms with Crippen molar-refractivity contribution in [3.63, 3.8) is 0 Å². The van der Waals surface area contributed by atoms with Gasteiger partial charge in [-0.15, -0.1) is 0 Å². The summed E-state index contributed by atoms with van der Waals surface area (Å²) in [4.78, 5) is 13.1. The number of benzene rings is 1. The molecular weight excluding hydrogens is 259 g/mol. The number of nitrogens with two attached hydrogens (primary N) is 1. The second-order valence-electron chi connectivity index (χ2n) is 5.69. The highest BCUT2D eigenvalue weighted by molar-refractivity contribution is 5.77. The van der Waals surface area contributed by atoms with E-state index in [-0.39, 0.29) is 5.82 Å². The van der Waals surface area contributed by atoms with E-state index in [0.29, 0.717) is 6.42 Å². The van der Waals surface area contributed by atoms with E-state index >= 15 is 0 Å². The second-order valence-corrected chi connectivity index (χ2v) is 5.69. The summed E-state index contributed by atoms with van der Waals surface area (Å²) in [6, 6.07) is 4.91. The highest BCUT2D eigenvalue weighted by Gasteiger charge is 2.27. The van der Waals surface area contributed by atoms with E-state index in [4.69, 9.17) is 10.8 Å². The maximum Gasteiger partial charge on any atom is 0.323 e. The van der Waals surface area contributed by atoms with Crippen LogP contribution in [0.4, 0.5) is 10.1 Å². The molecule has 0 aromatic heterocycles. The number of hydrogen-bond donors (Lipinski definition) is 2. The van der Waals surface area contributed by atoms with Gasteiger partial charge in [-0.25, -0.2) is 4.39 Å². The molecule has 1 heterocycles. The first kappa shape index (κ1) is 14.8. The molecule has 1 aliphatic rings. The number of nitrogens with zero attached hydrogens (tertiary/aromatic N) is 1. The molecule has 1 aromatic rings. The Bertz CT molecular complexity index is 503. The molecule has 1 unspecified atom stereocenters. The molecule has 110 valence electrons. The van der Waals surface area contributed by atoms with Gasteiger partial charge in [-0.3, -0.25) is 4.79 Å². The smallest absolute Gasteiger partial charge is 0.323 e. The first-order valence-corrected chi connectivity index (χ1v) is 6.96. The summed E-state index contributed by atoms with van der Waals surface area (Å²) in [5.74, 6) is -1.18. The van der Waals surface area contributed by atoms with Crippen molar-refractivity contribution in [3.05, 3.63) is 29.6 Å². The summed E-state index contributed by atoms with van der Waals surface area (Å²) < 4.78 is 13.3. The molecule has 1 aliphatic heterocycles. The van der Waals surface area contributed by atoms with Crippen LogP contribution >= 0.6 is 0 Å². The average molecular weight is 280 g/mol. The van der Waals surface area contributed by atoms with E-state index in [1.54, 1.807) is 6.07 Å². The van der Waals surface area contributed by atoms with Gasteiger partial charge in [0.15, 0.2) is 0 Å². The van der Waals surface area contributed by atoms with Crippen molar-refractivity contribution in [2.75, 3.05) is 18.0 Å². The summed E-state index contributed by atoms with van der Waals surface area (Å²) in [7, 11) is 0. The zero-order chi connectivity index (χ0) is 14.8. The molecule has 0 radical (unpaired) electrons. The monoisotopic (exact) mass is 280 g/mol. The lowest BCUT2D eigenvalue weighted by molar-refractivity contribution is -0.142. The fourth-order valence-corrected chi connectivity index (χ4v) is 2.55.